The van der Waals surface area contributed by atoms with Gasteiger partial charge in [0.25, 0.3) is 0 Å². The third-order valence-electron chi connectivity index (χ3n) is 4.30. The number of hydrogen-bond acceptors (Lipinski definition) is 1. The molecule has 2 bridgehead atoms. The molecule has 3 atom stereocenters. The highest BCUT2D eigenvalue weighted by Gasteiger charge is 2.53. The molecule has 3 saturated carbocycles. The first kappa shape index (κ1) is 7.60. The Kier molecular flexibility index (Phi) is 1.54. The molecule has 1 nitrogen and oxygen atoms in total. The molecule has 64 valence electrons. The lowest BCUT2D eigenvalue weighted by Gasteiger charge is -2.60. The Labute approximate surface area is 69.4 Å². The molecule has 0 aromatic rings. The highest BCUT2D eigenvalue weighted by Crippen LogP contribution is 2.60. The van der Waals surface area contributed by atoms with Crippen LogP contribution in [0.15, 0.2) is 0 Å². The molecule has 0 aliphatic heterocycles. The lowest BCUT2D eigenvalue weighted by Crippen LogP contribution is -2.53. The standard InChI is InChI=1S/C10H19N/c1-10(2)8-4-3-7(6-11)9(10)5-8/h7-9H,3-6,11H2,1-2H3/t7-,8?,9?/m1/s1. The van der Waals surface area contributed by atoms with Gasteiger partial charge < -0.3 is 5.73 Å². The summed E-state index contributed by atoms with van der Waals surface area (Å²) in [5.74, 6) is 2.82. The Hall–Kier alpha value is -0.0400. The third-order valence-corrected chi connectivity index (χ3v) is 4.30. The summed E-state index contributed by atoms with van der Waals surface area (Å²) < 4.78 is 0. The summed E-state index contributed by atoms with van der Waals surface area (Å²) in [7, 11) is 0. The second kappa shape index (κ2) is 2.22. The molecule has 3 rings (SSSR count). The topological polar surface area (TPSA) is 26.0 Å². The van der Waals surface area contributed by atoms with Crippen LogP contribution in [-0.2, 0) is 0 Å². The molecule has 2 unspecified atom stereocenters. The van der Waals surface area contributed by atoms with E-state index in [1.54, 1.807) is 0 Å². The number of nitrogens with two attached hydrogens (primary N) is 1. The van der Waals surface area contributed by atoms with Crippen molar-refractivity contribution in [2.45, 2.75) is 33.1 Å². The van der Waals surface area contributed by atoms with E-state index >= 15 is 0 Å². The van der Waals surface area contributed by atoms with Crippen LogP contribution in [0.2, 0.25) is 0 Å². The zero-order valence-corrected chi connectivity index (χ0v) is 7.64. The molecule has 0 aromatic heterocycles. The average molecular weight is 153 g/mol. The van der Waals surface area contributed by atoms with Gasteiger partial charge in [-0.15, -0.1) is 0 Å². The lowest BCUT2D eigenvalue weighted by molar-refractivity contribution is -0.101. The lowest BCUT2D eigenvalue weighted by atomic mass is 9.45. The molecule has 3 fully saturated rings. The first-order chi connectivity index (χ1) is 5.16. The predicted octanol–water partition coefficient (Wildman–Crippen LogP) is 2.02. The van der Waals surface area contributed by atoms with Crippen LogP contribution in [0.4, 0.5) is 0 Å². The van der Waals surface area contributed by atoms with Crippen LogP contribution < -0.4 is 5.73 Å². The molecule has 1 heteroatoms. The van der Waals surface area contributed by atoms with Gasteiger partial charge in [-0.2, -0.15) is 0 Å². The van der Waals surface area contributed by atoms with E-state index in [1.165, 1.54) is 19.3 Å². The van der Waals surface area contributed by atoms with Gasteiger partial charge in [0.05, 0.1) is 0 Å². The van der Waals surface area contributed by atoms with Gasteiger partial charge in [-0.1, -0.05) is 13.8 Å². The van der Waals surface area contributed by atoms with E-state index in [2.05, 4.69) is 13.8 Å². The van der Waals surface area contributed by atoms with Crippen molar-refractivity contribution in [3.63, 3.8) is 0 Å². The van der Waals surface area contributed by atoms with E-state index in [0.717, 1.165) is 24.3 Å². The first-order valence-electron chi connectivity index (χ1n) is 4.86. The highest BCUT2D eigenvalue weighted by atomic mass is 14.6. The molecular weight excluding hydrogens is 134 g/mol. The summed E-state index contributed by atoms with van der Waals surface area (Å²) in [5.41, 5.74) is 6.37. The Balaban J connectivity index is 2.10. The van der Waals surface area contributed by atoms with E-state index < -0.39 is 0 Å². The number of hydrogen-bond donors (Lipinski definition) is 1. The van der Waals surface area contributed by atoms with Crippen LogP contribution in [0.5, 0.6) is 0 Å². The largest absolute Gasteiger partial charge is 0.330 e. The molecule has 0 heterocycles. The van der Waals surface area contributed by atoms with Crippen molar-refractivity contribution in [3.8, 4) is 0 Å². The van der Waals surface area contributed by atoms with Crippen LogP contribution >= 0.6 is 0 Å². The van der Waals surface area contributed by atoms with Crippen molar-refractivity contribution >= 4 is 0 Å². The maximum Gasteiger partial charge on any atom is -0.00460 e. The molecular formula is C10H19N. The maximum absolute atomic E-state index is 5.74. The van der Waals surface area contributed by atoms with E-state index in [1.807, 2.05) is 0 Å². The van der Waals surface area contributed by atoms with Gasteiger partial charge in [0.1, 0.15) is 0 Å². The monoisotopic (exact) mass is 153 g/mol. The van der Waals surface area contributed by atoms with Crippen molar-refractivity contribution in [1.29, 1.82) is 0 Å². The number of rotatable bonds is 1. The fourth-order valence-electron chi connectivity index (χ4n) is 3.24. The van der Waals surface area contributed by atoms with Gasteiger partial charge in [0.2, 0.25) is 0 Å². The molecule has 0 aromatic carbocycles. The fourth-order valence-corrected chi connectivity index (χ4v) is 3.24. The van der Waals surface area contributed by atoms with Gasteiger partial charge in [-0.05, 0) is 49.0 Å². The molecule has 11 heavy (non-hydrogen) atoms. The zero-order valence-electron chi connectivity index (χ0n) is 7.64. The van der Waals surface area contributed by atoms with Crippen LogP contribution in [0.3, 0.4) is 0 Å². The molecule has 0 spiro atoms. The van der Waals surface area contributed by atoms with Crippen LogP contribution in [0, 0.1) is 23.2 Å². The van der Waals surface area contributed by atoms with Crippen molar-refractivity contribution in [2.24, 2.45) is 28.9 Å². The van der Waals surface area contributed by atoms with Gasteiger partial charge in [0.15, 0.2) is 0 Å². The molecule has 3 aliphatic rings. The van der Waals surface area contributed by atoms with Gasteiger partial charge in [-0.3, -0.25) is 0 Å². The van der Waals surface area contributed by atoms with Gasteiger partial charge in [-0.25, -0.2) is 0 Å². The average Bonchev–Trinajstić information content (AvgIpc) is 2.04. The summed E-state index contributed by atoms with van der Waals surface area (Å²) in [6.07, 6.45) is 4.30. The number of fused-ring (bicyclic) bond motifs is 2. The van der Waals surface area contributed by atoms with E-state index in [4.69, 9.17) is 5.73 Å². The normalized spacial score (nSPS) is 46.6. The summed E-state index contributed by atoms with van der Waals surface area (Å²) in [4.78, 5) is 0. The Bertz CT molecular complexity index is 160. The second-order valence-corrected chi connectivity index (χ2v) is 4.93. The molecule has 0 saturated heterocycles. The molecule has 0 amide bonds. The Morgan fingerprint density at radius 1 is 1.36 bits per heavy atom. The minimum atomic E-state index is 0.627. The van der Waals surface area contributed by atoms with Crippen molar-refractivity contribution in [3.05, 3.63) is 0 Å². The van der Waals surface area contributed by atoms with E-state index in [0.29, 0.717) is 5.41 Å². The first-order valence-corrected chi connectivity index (χ1v) is 4.86. The van der Waals surface area contributed by atoms with Crippen molar-refractivity contribution in [2.75, 3.05) is 6.54 Å². The molecule has 0 radical (unpaired) electrons. The maximum atomic E-state index is 5.74. The second-order valence-electron chi connectivity index (χ2n) is 4.93. The van der Waals surface area contributed by atoms with Crippen molar-refractivity contribution < 1.29 is 0 Å². The minimum absolute atomic E-state index is 0.627. The van der Waals surface area contributed by atoms with Gasteiger partial charge in [0, 0.05) is 0 Å². The summed E-state index contributed by atoms with van der Waals surface area (Å²) >= 11 is 0. The quantitative estimate of drug-likeness (QED) is 0.612. The summed E-state index contributed by atoms with van der Waals surface area (Å²) in [5, 5.41) is 0. The molecule has 3 aliphatic carbocycles. The smallest absolute Gasteiger partial charge is 0.00460 e. The minimum Gasteiger partial charge on any atom is -0.330 e. The molecule has 2 N–H and O–H groups in total. The summed E-state index contributed by atoms with van der Waals surface area (Å²) in [6.45, 7) is 5.77. The van der Waals surface area contributed by atoms with E-state index in [-0.39, 0.29) is 0 Å². The fraction of sp³-hybridized carbons (Fsp3) is 1.00. The third kappa shape index (κ3) is 0.868. The van der Waals surface area contributed by atoms with Crippen LogP contribution in [0.25, 0.3) is 0 Å². The van der Waals surface area contributed by atoms with Crippen LogP contribution in [0.1, 0.15) is 33.1 Å². The van der Waals surface area contributed by atoms with Crippen molar-refractivity contribution in [1.82, 2.24) is 0 Å². The Morgan fingerprint density at radius 2 is 2.09 bits per heavy atom. The van der Waals surface area contributed by atoms with E-state index in [9.17, 15) is 0 Å². The highest BCUT2D eigenvalue weighted by molar-refractivity contribution is 5.03. The Morgan fingerprint density at radius 3 is 2.45 bits per heavy atom. The SMILES string of the molecule is CC1(C)C2CC[C@H](CN)C1C2. The summed E-state index contributed by atoms with van der Waals surface area (Å²) in [6, 6.07) is 0. The zero-order chi connectivity index (χ0) is 8.06. The van der Waals surface area contributed by atoms with Crippen LogP contribution in [-0.4, -0.2) is 6.54 Å². The van der Waals surface area contributed by atoms with Gasteiger partial charge >= 0.3 is 0 Å². The predicted molar refractivity (Wildman–Crippen MR) is 47.2 cm³/mol.